The topological polar surface area (TPSA) is 59.3 Å². The fourth-order valence-corrected chi connectivity index (χ4v) is 2.22. The Bertz CT molecular complexity index is 684. The highest BCUT2D eigenvalue weighted by molar-refractivity contribution is 6.03. The molecule has 2 heterocycles. The maximum absolute atomic E-state index is 11.2. The average Bonchev–Trinajstić information content (AvgIpc) is 3.01. The summed E-state index contributed by atoms with van der Waals surface area (Å²) in [5.41, 5.74) is 5.57. The fraction of sp³-hybridized carbons (Fsp3) is 0.188. The van der Waals surface area contributed by atoms with Crippen LogP contribution in [0.2, 0.25) is 0 Å². The summed E-state index contributed by atoms with van der Waals surface area (Å²) in [6.07, 6.45) is 9.88. The van der Waals surface area contributed by atoms with Crippen LogP contribution >= 0.6 is 0 Å². The van der Waals surface area contributed by atoms with Crippen LogP contribution in [0.3, 0.4) is 0 Å². The number of allylic oxidation sites excluding steroid dienone is 1. The van der Waals surface area contributed by atoms with Crippen LogP contribution in [0.4, 0.5) is 0 Å². The van der Waals surface area contributed by atoms with E-state index in [9.17, 15) is 4.79 Å². The van der Waals surface area contributed by atoms with E-state index in [-0.39, 0.29) is 11.8 Å². The summed E-state index contributed by atoms with van der Waals surface area (Å²) in [5, 5.41) is 4.08. The maximum atomic E-state index is 11.2. The zero-order chi connectivity index (χ0) is 14.7. The van der Waals surface area contributed by atoms with Crippen molar-refractivity contribution in [1.82, 2.24) is 15.0 Å². The van der Waals surface area contributed by atoms with Crippen molar-refractivity contribution >= 4 is 17.7 Å². The Labute approximate surface area is 123 Å². The number of carbonyl (C=O) groups is 1. The first-order chi connectivity index (χ1) is 10.2. The molecule has 3 rings (SSSR count). The Morgan fingerprint density at radius 2 is 2.10 bits per heavy atom. The smallest absolute Gasteiger partial charge is 0.240 e. The average molecular weight is 280 g/mol. The first-order valence-electron chi connectivity index (χ1n) is 6.85. The SMILES string of the molecule is CC1CC(=O)NN=C1C=Cc1ccc(-n2ccnc2)cc1. The van der Waals surface area contributed by atoms with Crippen LogP contribution in [-0.4, -0.2) is 21.2 Å². The number of hydrogen-bond acceptors (Lipinski definition) is 3. The van der Waals surface area contributed by atoms with Crippen molar-refractivity contribution in [3.8, 4) is 5.69 Å². The summed E-state index contributed by atoms with van der Waals surface area (Å²) < 4.78 is 1.95. The molecule has 1 aliphatic heterocycles. The van der Waals surface area contributed by atoms with Gasteiger partial charge in [0, 0.05) is 30.4 Å². The number of aromatic nitrogens is 2. The molecule has 1 aromatic heterocycles. The Balaban J connectivity index is 1.73. The van der Waals surface area contributed by atoms with Gasteiger partial charge in [-0.25, -0.2) is 10.4 Å². The van der Waals surface area contributed by atoms with Gasteiger partial charge in [-0.15, -0.1) is 0 Å². The van der Waals surface area contributed by atoms with Crippen molar-refractivity contribution in [3.05, 3.63) is 54.6 Å². The Morgan fingerprint density at radius 1 is 1.29 bits per heavy atom. The third-order valence-electron chi connectivity index (χ3n) is 3.45. The lowest BCUT2D eigenvalue weighted by Crippen LogP contribution is -2.30. The number of rotatable bonds is 3. The van der Waals surface area contributed by atoms with Crippen molar-refractivity contribution in [1.29, 1.82) is 0 Å². The molecule has 1 N–H and O–H groups in total. The number of nitrogens with one attached hydrogen (secondary N) is 1. The van der Waals surface area contributed by atoms with Gasteiger partial charge in [0.1, 0.15) is 0 Å². The molecule has 2 aromatic rings. The molecule has 0 radical (unpaired) electrons. The van der Waals surface area contributed by atoms with Gasteiger partial charge in [0.2, 0.25) is 5.91 Å². The van der Waals surface area contributed by atoms with E-state index in [1.165, 1.54) is 0 Å². The molecule has 0 aliphatic carbocycles. The summed E-state index contributed by atoms with van der Waals surface area (Å²) in [4.78, 5) is 15.2. The molecule has 5 nitrogen and oxygen atoms in total. The van der Waals surface area contributed by atoms with E-state index in [1.807, 2.05) is 54.1 Å². The molecule has 1 aromatic carbocycles. The lowest BCUT2D eigenvalue weighted by Gasteiger charge is -2.16. The minimum atomic E-state index is -0.0238. The van der Waals surface area contributed by atoms with E-state index in [0.29, 0.717) is 6.42 Å². The molecule has 0 saturated heterocycles. The lowest BCUT2D eigenvalue weighted by atomic mass is 9.99. The number of carbonyl (C=O) groups excluding carboxylic acids is 1. The summed E-state index contributed by atoms with van der Waals surface area (Å²) >= 11 is 0. The van der Waals surface area contributed by atoms with Gasteiger partial charge >= 0.3 is 0 Å². The third kappa shape index (κ3) is 3.08. The quantitative estimate of drug-likeness (QED) is 0.938. The number of hydrogen-bond donors (Lipinski definition) is 1. The van der Waals surface area contributed by atoms with Gasteiger partial charge in [-0.2, -0.15) is 5.10 Å². The molecule has 1 unspecified atom stereocenters. The highest BCUT2D eigenvalue weighted by Gasteiger charge is 2.17. The number of hydrazone groups is 1. The van der Waals surface area contributed by atoms with Gasteiger partial charge in [0.05, 0.1) is 12.0 Å². The predicted octanol–water partition coefficient (Wildman–Crippen LogP) is 2.40. The zero-order valence-corrected chi connectivity index (χ0v) is 11.7. The highest BCUT2D eigenvalue weighted by Crippen LogP contribution is 2.14. The number of nitrogens with zero attached hydrogens (tertiary/aromatic N) is 3. The van der Waals surface area contributed by atoms with Gasteiger partial charge in [0.25, 0.3) is 0 Å². The van der Waals surface area contributed by atoms with Crippen molar-refractivity contribution in [3.63, 3.8) is 0 Å². The molecule has 1 atom stereocenters. The van der Waals surface area contributed by atoms with Crippen LogP contribution in [0.25, 0.3) is 11.8 Å². The first-order valence-corrected chi connectivity index (χ1v) is 6.85. The summed E-state index contributed by atoms with van der Waals surface area (Å²) in [6, 6.07) is 8.15. The summed E-state index contributed by atoms with van der Waals surface area (Å²) in [5.74, 6) is 0.129. The van der Waals surface area contributed by atoms with Crippen molar-refractivity contribution in [2.24, 2.45) is 11.0 Å². The number of benzene rings is 1. The monoisotopic (exact) mass is 280 g/mol. The van der Waals surface area contributed by atoms with Gasteiger partial charge in [-0.3, -0.25) is 4.79 Å². The van der Waals surface area contributed by atoms with Gasteiger partial charge in [-0.05, 0) is 23.8 Å². The molecule has 0 spiro atoms. The molecule has 0 bridgehead atoms. The Morgan fingerprint density at radius 3 is 2.76 bits per heavy atom. The highest BCUT2D eigenvalue weighted by atomic mass is 16.2. The van der Waals surface area contributed by atoms with E-state index in [4.69, 9.17) is 0 Å². The van der Waals surface area contributed by atoms with Crippen LogP contribution in [0.15, 0.2) is 54.2 Å². The van der Waals surface area contributed by atoms with Gasteiger partial charge in [0.15, 0.2) is 0 Å². The molecule has 1 aliphatic rings. The van der Waals surface area contributed by atoms with Crippen molar-refractivity contribution in [2.45, 2.75) is 13.3 Å². The molecule has 106 valence electrons. The van der Waals surface area contributed by atoms with E-state index < -0.39 is 0 Å². The van der Waals surface area contributed by atoms with Crippen molar-refractivity contribution in [2.75, 3.05) is 0 Å². The third-order valence-corrected chi connectivity index (χ3v) is 3.45. The molecule has 5 heteroatoms. The second kappa shape index (κ2) is 5.75. The van der Waals surface area contributed by atoms with E-state index >= 15 is 0 Å². The van der Waals surface area contributed by atoms with E-state index in [0.717, 1.165) is 17.0 Å². The van der Waals surface area contributed by atoms with E-state index in [2.05, 4.69) is 15.5 Å². The number of amides is 1. The number of imidazole rings is 1. The predicted molar refractivity (Wildman–Crippen MR) is 82.0 cm³/mol. The van der Waals surface area contributed by atoms with E-state index in [1.54, 1.807) is 12.5 Å². The molecule has 0 fully saturated rings. The Kier molecular flexibility index (Phi) is 3.64. The minimum Gasteiger partial charge on any atom is -0.306 e. The first kappa shape index (κ1) is 13.3. The van der Waals surface area contributed by atoms with Crippen molar-refractivity contribution < 1.29 is 4.79 Å². The fourth-order valence-electron chi connectivity index (χ4n) is 2.22. The van der Waals surface area contributed by atoms with Crippen LogP contribution in [-0.2, 0) is 4.79 Å². The maximum Gasteiger partial charge on any atom is 0.240 e. The molecular weight excluding hydrogens is 264 g/mol. The lowest BCUT2D eigenvalue weighted by molar-refractivity contribution is -0.121. The standard InChI is InChI=1S/C16H16N4O/c1-12-10-16(21)19-18-15(12)7-4-13-2-5-14(6-3-13)20-9-8-17-11-20/h2-9,11-12H,10H2,1H3,(H,19,21). The zero-order valence-electron chi connectivity index (χ0n) is 11.7. The van der Waals surface area contributed by atoms with Crippen LogP contribution in [0, 0.1) is 5.92 Å². The van der Waals surface area contributed by atoms with Crippen LogP contribution in [0.5, 0.6) is 0 Å². The van der Waals surface area contributed by atoms with Crippen LogP contribution in [0.1, 0.15) is 18.9 Å². The second-order valence-electron chi connectivity index (χ2n) is 5.07. The second-order valence-corrected chi connectivity index (χ2v) is 5.07. The van der Waals surface area contributed by atoms with Gasteiger partial charge in [-0.1, -0.05) is 25.1 Å². The molecule has 1 amide bonds. The molecular formula is C16H16N4O. The summed E-state index contributed by atoms with van der Waals surface area (Å²) in [7, 11) is 0. The Hall–Kier alpha value is -2.69. The summed E-state index contributed by atoms with van der Waals surface area (Å²) in [6.45, 7) is 2.00. The largest absolute Gasteiger partial charge is 0.306 e. The van der Waals surface area contributed by atoms with Gasteiger partial charge < -0.3 is 4.57 Å². The van der Waals surface area contributed by atoms with Crippen LogP contribution < -0.4 is 5.43 Å². The molecule has 21 heavy (non-hydrogen) atoms. The molecule has 0 saturated carbocycles. The normalized spacial score (nSPS) is 18.6. The minimum absolute atomic E-state index is 0.0238.